The van der Waals surface area contributed by atoms with Crippen molar-refractivity contribution in [2.45, 2.75) is 25.4 Å². The zero-order valence-corrected chi connectivity index (χ0v) is 14.0. The van der Waals surface area contributed by atoms with Crippen LogP contribution in [0.1, 0.15) is 30.0 Å². The summed E-state index contributed by atoms with van der Waals surface area (Å²) in [4.78, 5) is 30.4. The number of carbonyl (C=O) groups excluding carboxylic acids is 2. The first-order chi connectivity index (χ1) is 12.1. The van der Waals surface area contributed by atoms with Gasteiger partial charge in [0.2, 0.25) is 11.8 Å². The fourth-order valence-electron chi connectivity index (χ4n) is 3.28. The molecule has 130 valence electrons. The van der Waals surface area contributed by atoms with E-state index in [1.807, 2.05) is 12.1 Å². The van der Waals surface area contributed by atoms with E-state index in [2.05, 4.69) is 10.3 Å². The number of piperidine rings is 1. The molecule has 0 radical (unpaired) electrons. The molecule has 3 rings (SSSR count). The van der Waals surface area contributed by atoms with Crippen molar-refractivity contribution < 1.29 is 14.0 Å². The summed E-state index contributed by atoms with van der Waals surface area (Å²) in [5.41, 5.74) is 1.54. The minimum absolute atomic E-state index is 0.0365. The van der Waals surface area contributed by atoms with Crippen LogP contribution < -0.4 is 5.32 Å². The second kappa shape index (κ2) is 7.42. The van der Waals surface area contributed by atoms with Gasteiger partial charge in [0, 0.05) is 32.4 Å². The topological polar surface area (TPSA) is 62.3 Å². The third kappa shape index (κ3) is 3.84. The van der Waals surface area contributed by atoms with Gasteiger partial charge in [0.25, 0.3) is 0 Å². The van der Waals surface area contributed by atoms with E-state index in [4.69, 9.17) is 0 Å². The number of amides is 2. The highest BCUT2D eigenvalue weighted by Crippen LogP contribution is 2.36. The molecule has 25 heavy (non-hydrogen) atoms. The lowest BCUT2D eigenvalue weighted by Crippen LogP contribution is -2.46. The van der Waals surface area contributed by atoms with Crippen LogP contribution in [0.2, 0.25) is 0 Å². The lowest BCUT2D eigenvalue weighted by atomic mass is 9.84. The van der Waals surface area contributed by atoms with Crippen LogP contribution in [0, 0.1) is 11.7 Å². The van der Waals surface area contributed by atoms with Gasteiger partial charge in [0.05, 0.1) is 12.0 Å². The molecule has 1 aromatic carbocycles. The number of hydrogen-bond acceptors (Lipinski definition) is 3. The Kier molecular flexibility index (Phi) is 5.07. The Bertz CT molecular complexity index is 766. The normalized spacial score (nSPS) is 20.4. The number of halogens is 1. The van der Waals surface area contributed by atoms with Gasteiger partial charge in [-0.3, -0.25) is 14.6 Å². The summed E-state index contributed by atoms with van der Waals surface area (Å²) < 4.78 is 13.6. The number of hydrogen-bond donors (Lipinski definition) is 1. The van der Waals surface area contributed by atoms with Crippen LogP contribution in [0.3, 0.4) is 0 Å². The van der Waals surface area contributed by atoms with Crippen molar-refractivity contribution >= 4 is 11.8 Å². The Morgan fingerprint density at radius 1 is 1.36 bits per heavy atom. The molecule has 1 aromatic heterocycles. The Morgan fingerprint density at radius 3 is 2.92 bits per heavy atom. The number of aromatic nitrogens is 1. The lowest BCUT2D eigenvalue weighted by molar-refractivity contribution is -0.141. The second-order valence-corrected chi connectivity index (χ2v) is 6.23. The Labute approximate surface area is 145 Å². The fraction of sp³-hybridized carbons (Fsp3) is 0.316. The van der Waals surface area contributed by atoms with E-state index in [1.54, 1.807) is 36.5 Å². The van der Waals surface area contributed by atoms with Crippen molar-refractivity contribution in [3.8, 4) is 0 Å². The minimum Gasteiger partial charge on any atom is -0.352 e. The molecule has 1 aliphatic rings. The molecule has 0 unspecified atom stereocenters. The number of rotatable bonds is 4. The quantitative estimate of drug-likeness (QED) is 0.929. The van der Waals surface area contributed by atoms with Gasteiger partial charge in [-0.15, -0.1) is 0 Å². The number of likely N-dealkylation sites (tertiary alicyclic amines) is 1. The molecule has 5 nitrogen and oxygen atoms in total. The van der Waals surface area contributed by atoms with Crippen LogP contribution >= 0.6 is 0 Å². The fourth-order valence-corrected chi connectivity index (χ4v) is 3.28. The van der Waals surface area contributed by atoms with E-state index in [1.165, 1.54) is 12.1 Å². The summed E-state index contributed by atoms with van der Waals surface area (Å²) in [6, 6.07) is 9.32. The maximum atomic E-state index is 13.6. The highest BCUT2D eigenvalue weighted by atomic mass is 19.1. The zero-order chi connectivity index (χ0) is 17.8. The van der Waals surface area contributed by atoms with E-state index in [-0.39, 0.29) is 17.6 Å². The number of nitrogens with one attached hydrogen (secondary N) is 1. The van der Waals surface area contributed by atoms with Gasteiger partial charge in [0.15, 0.2) is 0 Å². The van der Waals surface area contributed by atoms with Crippen molar-refractivity contribution in [1.29, 1.82) is 0 Å². The SMILES string of the molecule is CN1C(=O)CC[C@H](C(=O)NCc2cccnc2)[C@H]1c1cccc(F)c1. The van der Waals surface area contributed by atoms with E-state index in [0.717, 1.165) is 5.56 Å². The van der Waals surface area contributed by atoms with Gasteiger partial charge in [0.1, 0.15) is 5.82 Å². The number of benzene rings is 1. The maximum absolute atomic E-state index is 13.6. The van der Waals surface area contributed by atoms with Crippen molar-refractivity contribution in [2.75, 3.05) is 7.05 Å². The van der Waals surface area contributed by atoms with Gasteiger partial charge >= 0.3 is 0 Å². The van der Waals surface area contributed by atoms with Crippen LogP contribution in [-0.2, 0) is 16.1 Å². The summed E-state index contributed by atoms with van der Waals surface area (Å²) in [5, 5.41) is 2.91. The smallest absolute Gasteiger partial charge is 0.225 e. The molecule has 0 bridgehead atoms. The monoisotopic (exact) mass is 341 g/mol. The van der Waals surface area contributed by atoms with E-state index in [0.29, 0.717) is 24.9 Å². The molecule has 2 amide bonds. The molecule has 0 spiro atoms. The molecule has 2 heterocycles. The van der Waals surface area contributed by atoms with Crippen LogP contribution in [0.4, 0.5) is 4.39 Å². The summed E-state index contributed by atoms with van der Waals surface area (Å²) in [5.74, 6) is -0.970. The summed E-state index contributed by atoms with van der Waals surface area (Å²) in [6.07, 6.45) is 4.13. The van der Waals surface area contributed by atoms with Gasteiger partial charge in [-0.1, -0.05) is 18.2 Å². The van der Waals surface area contributed by atoms with Gasteiger partial charge in [-0.25, -0.2) is 4.39 Å². The molecule has 1 N–H and O–H groups in total. The molecule has 6 heteroatoms. The zero-order valence-electron chi connectivity index (χ0n) is 14.0. The highest BCUT2D eigenvalue weighted by molar-refractivity contribution is 5.84. The van der Waals surface area contributed by atoms with Crippen molar-refractivity contribution in [1.82, 2.24) is 15.2 Å². The molecule has 1 saturated heterocycles. The number of carbonyl (C=O) groups is 2. The summed E-state index contributed by atoms with van der Waals surface area (Å²) >= 11 is 0. The Balaban J connectivity index is 1.79. The largest absolute Gasteiger partial charge is 0.352 e. The molecule has 1 fully saturated rings. The van der Waals surface area contributed by atoms with Crippen molar-refractivity contribution in [3.63, 3.8) is 0 Å². The molecule has 1 aliphatic heterocycles. The molecule has 0 saturated carbocycles. The summed E-state index contributed by atoms with van der Waals surface area (Å²) in [6.45, 7) is 0.372. The lowest BCUT2D eigenvalue weighted by Gasteiger charge is -2.38. The number of pyridine rings is 1. The first-order valence-corrected chi connectivity index (χ1v) is 8.24. The Hall–Kier alpha value is -2.76. The predicted molar refractivity (Wildman–Crippen MR) is 90.7 cm³/mol. The predicted octanol–water partition coefficient (Wildman–Crippen LogP) is 2.45. The Morgan fingerprint density at radius 2 is 2.20 bits per heavy atom. The van der Waals surface area contributed by atoms with Crippen molar-refractivity contribution in [3.05, 3.63) is 65.7 Å². The first-order valence-electron chi connectivity index (χ1n) is 8.24. The maximum Gasteiger partial charge on any atom is 0.225 e. The molecule has 0 aliphatic carbocycles. The summed E-state index contributed by atoms with van der Waals surface area (Å²) in [7, 11) is 1.67. The first kappa shape index (κ1) is 17.1. The van der Waals surface area contributed by atoms with Gasteiger partial charge < -0.3 is 10.2 Å². The van der Waals surface area contributed by atoms with Gasteiger partial charge in [-0.2, -0.15) is 0 Å². The van der Waals surface area contributed by atoms with Crippen molar-refractivity contribution in [2.24, 2.45) is 5.92 Å². The van der Waals surface area contributed by atoms with E-state index in [9.17, 15) is 14.0 Å². The average molecular weight is 341 g/mol. The highest BCUT2D eigenvalue weighted by Gasteiger charge is 2.38. The molecule has 2 atom stereocenters. The van der Waals surface area contributed by atoms with E-state index >= 15 is 0 Å². The van der Waals surface area contributed by atoms with Crippen LogP contribution in [0.15, 0.2) is 48.8 Å². The minimum atomic E-state index is -0.467. The van der Waals surface area contributed by atoms with Crippen LogP contribution in [0.5, 0.6) is 0 Å². The molecular formula is C19H20FN3O2. The van der Waals surface area contributed by atoms with Gasteiger partial charge in [-0.05, 0) is 35.7 Å². The average Bonchev–Trinajstić information content (AvgIpc) is 2.62. The number of nitrogens with zero attached hydrogens (tertiary/aromatic N) is 2. The van der Waals surface area contributed by atoms with Crippen LogP contribution in [0.25, 0.3) is 0 Å². The standard InChI is InChI=1S/C19H20FN3O2/c1-23-17(24)8-7-16(18(23)14-5-2-6-15(20)10-14)19(25)22-12-13-4-3-9-21-11-13/h2-6,9-11,16,18H,7-8,12H2,1H3,(H,22,25)/t16-,18+/m0/s1. The van der Waals surface area contributed by atoms with Crippen LogP contribution in [-0.4, -0.2) is 28.7 Å². The third-order valence-corrected chi connectivity index (χ3v) is 4.58. The third-order valence-electron chi connectivity index (χ3n) is 4.58. The second-order valence-electron chi connectivity index (χ2n) is 6.23. The molecular weight excluding hydrogens is 321 g/mol. The van der Waals surface area contributed by atoms with E-state index < -0.39 is 12.0 Å². The molecule has 2 aromatic rings.